The second kappa shape index (κ2) is 6.07. The predicted octanol–water partition coefficient (Wildman–Crippen LogP) is 0.0989. The largest absolute Gasteiger partial charge is 0.481 e. The number of carbonyl (C=O) groups is 1. The van der Waals surface area contributed by atoms with Gasteiger partial charge in [0.1, 0.15) is 0 Å². The van der Waals surface area contributed by atoms with Gasteiger partial charge < -0.3 is 10.4 Å². The summed E-state index contributed by atoms with van der Waals surface area (Å²) in [6, 6.07) is 0. The van der Waals surface area contributed by atoms with E-state index in [4.69, 9.17) is 5.11 Å². The molecule has 0 aromatic carbocycles. The number of hydrogen-bond donors (Lipinski definition) is 2. The molecule has 0 radical (unpaired) electrons. The lowest BCUT2D eigenvalue weighted by molar-refractivity contribution is -0.136. The van der Waals surface area contributed by atoms with E-state index >= 15 is 0 Å². The van der Waals surface area contributed by atoms with Crippen molar-refractivity contribution in [2.75, 3.05) is 13.1 Å². The summed E-state index contributed by atoms with van der Waals surface area (Å²) in [5.41, 5.74) is 0. The molecule has 4 nitrogen and oxygen atoms in total. The summed E-state index contributed by atoms with van der Waals surface area (Å²) >= 11 is 0. The molecule has 0 aromatic heterocycles. The first-order chi connectivity index (χ1) is 4.77. The Bertz CT molecular complexity index is 117. The van der Waals surface area contributed by atoms with Crippen LogP contribution in [0.1, 0.15) is 13.3 Å². The molecule has 1 aliphatic rings. The first-order valence-corrected chi connectivity index (χ1v) is 3.21. The maximum absolute atomic E-state index is 9.37. The van der Waals surface area contributed by atoms with Gasteiger partial charge in [0.05, 0.1) is 12.9 Å². The Hall–Kier alpha value is -1.06. The number of aliphatic carboxylic acids is 1. The molecule has 1 aliphatic heterocycles. The molecule has 1 rings (SSSR count). The molecule has 0 saturated heterocycles. The topological polar surface area (TPSA) is 61.7 Å². The van der Waals surface area contributed by atoms with Crippen molar-refractivity contribution < 1.29 is 9.90 Å². The highest BCUT2D eigenvalue weighted by Gasteiger charge is 1.82. The fourth-order valence-electron chi connectivity index (χ4n) is 0.323. The van der Waals surface area contributed by atoms with E-state index in [-0.39, 0.29) is 6.42 Å². The van der Waals surface area contributed by atoms with Crippen LogP contribution >= 0.6 is 0 Å². The van der Waals surface area contributed by atoms with Crippen LogP contribution in [0.25, 0.3) is 0 Å². The molecule has 2 N–H and O–H groups in total. The zero-order valence-corrected chi connectivity index (χ0v) is 6.00. The summed E-state index contributed by atoms with van der Waals surface area (Å²) < 4.78 is 0. The van der Waals surface area contributed by atoms with Crippen molar-refractivity contribution in [3.05, 3.63) is 0 Å². The van der Waals surface area contributed by atoms with Crippen molar-refractivity contribution in [1.82, 2.24) is 5.32 Å². The molecule has 0 saturated carbocycles. The van der Waals surface area contributed by atoms with E-state index in [2.05, 4.69) is 10.3 Å². The monoisotopic (exact) mass is 144 g/mol. The Labute approximate surface area is 60.0 Å². The number of hydrogen-bond acceptors (Lipinski definition) is 3. The molecule has 0 aliphatic carbocycles. The minimum atomic E-state index is -0.745. The summed E-state index contributed by atoms with van der Waals surface area (Å²) in [6.07, 6.45) is 1.96. The van der Waals surface area contributed by atoms with Gasteiger partial charge in [-0.1, -0.05) is 6.92 Å². The van der Waals surface area contributed by atoms with Crippen LogP contribution in [0.4, 0.5) is 0 Å². The standard InChI is InChI=1S/C3H6N2.C3H6O2/c1-2-5-3-4-1;1-2-3(4)5/h3H,1-2H2,(H,4,5);2H2,1H3,(H,4,5). The molecule has 1 heterocycles. The summed E-state index contributed by atoms with van der Waals surface area (Å²) in [6.45, 7) is 3.59. The average molecular weight is 144 g/mol. The van der Waals surface area contributed by atoms with E-state index in [9.17, 15) is 4.79 Å². The van der Waals surface area contributed by atoms with Gasteiger partial charge in [-0.05, 0) is 0 Å². The first-order valence-electron chi connectivity index (χ1n) is 3.21. The second-order valence-electron chi connectivity index (χ2n) is 1.74. The van der Waals surface area contributed by atoms with Gasteiger partial charge in [0.2, 0.25) is 0 Å². The van der Waals surface area contributed by atoms with Crippen LogP contribution in [0.5, 0.6) is 0 Å². The van der Waals surface area contributed by atoms with E-state index in [0.717, 1.165) is 13.1 Å². The van der Waals surface area contributed by atoms with Gasteiger partial charge in [-0.15, -0.1) is 0 Å². The molecular weight excluding hydrogens is 132 g/mol. The summed E-state index contributed by atoms with van der Waals surface area (Å²) in [5.74, 6) is -0.745. The van der Waals surface area contributed by atoms with E-state index < -0.39 is 5.97 Å². The quantitative estimate of drug-likeness (QED) is 0.548. The summed E-state index contributed by atoms with van der Waals surface area (Å²) in [5, 5.41) is 10.7. The molecule has 0 aromatic rings. The van der Waals surface area contributed by atoms with Crippen LogP contribution in [-0.2, 0) is 4.79 Å². The maximum atomic E-state index is 9.37. The molecule has 10 heavy (non-hydrogen) atoms. The van der Waals surface area contributed by atoms with Crippen molar-refractivity contribution in [3.8, 4) is 0 Å². The zero-order chi connectivity index (χ0) is 7.82. The molecule has 0 unspecified atom stereocenters. The van der Waals surface area contributed by atoms with Gasteiger partial charge in [-0.3, -0.25) is 9.79 Å². The minimum absolute atomic E-state index is 0.222. The zero-order valence-electron chi connectivity index (χ0n) is 6.00. The van der Waals surface area contributed by atoms with Crippen LogP contribution < -0.4 is 5.32 Å². The van der Waals surface area contributed by atoms with Gasteiger partial charge >= 0.3 is 5.97 Å². The number of nitrogens with one attached hydrogen (secondary N) is 1. The van der Waals surface area contributed by atoms with Crippen LogP contribution in [0.2, 0.25) is 0 Å². The SMILES string of the molecule is C1=NCCN1.CCC(=O)O. The summed E-state index contributed by atoms with van der Waals surface area (Å²) in [4.78, 5) is 13.2. The van der Waals surface area contributed by atoms with Crippen molar-refractivity contribution in [2.24, 2.45) is 4.99 Å². The van der Waals surface area contributed by atoms with E-state index in [1.165, 1.54) is 0 Å². The van der Waals surface area contributed by atoms with Gasteiger partial charge in [0.15, 0.2) is 0 Å². The van der Waals surface area contributed by atoms with Crippen LogP contribution in [0.15, 0.2) is 4.99 Å². The smallest absolute Gasteiger partial charge is 0.303 e. The predicted molar refractivity (Wildman–Crippen MR) is 39.3 cm³/mol. The fourth-order valence-corrected chi connectivity index (χ4v) is 0.323. The lowest BCUT2D eigenvalue weighted by Crippen LogP contribution is -2.04. The molecule has 0 bridgehead atoms. The summed E-state index contributed by atoms with van der Waals surface area (Å²) in [7, 11) is 0. The molecule has 0 atom stereocenters. The first kappa shape index (κ1) is 8.94. The highest BCUT2D eigenvalue weighted by molar-refractivity contribution is 5.66. The van der Waals surface area contributed by atoms with Gasteiger partial charge in [-0.25, -0.2) is 0 Å². The number of nitrogens with zero attached hydrogens (tertiary/aromatic N) is 1. The average Bonchev–Trinajstić information content (AvgIpc) is 2.43. The Morgan fingerprint density at radius 2 is 2.50 bits per heavy atom. The van der Waals surface area contributed by atoms with Crippen molar-refractivity contribution in [1.29, 1.82) is 0 Å². The highest BCUT2D eigenvalue weighted by Crippen LogP contribution is 1.68. The lowest BCUT2D eigenvalue weighted by atomic mass is 10.5. The van der Waals surface area contributed by atoms with Crippen molar-refractivity contribution >= 4 is 12.3 Å². The highest BCUT2D eigenvalue weighted by atomic mass is 16.4. The number of carboxylic acid groups (broad SMARTS) is 1. The van der Waals surface area contributed by atoms with E-state index in [1.807, 2.05) is 0 Å². The number of rotatable bonds is 1. The molecule has 0 fully saturated rings. The van der Waals surface area contributed by atoms with Gasteiger partial charge in [-0.2, -0.15) is 0 Å². The Morgan fingerprint density at radius 1 is 1.90 bits per heavy atom. The van der Waals surface area contributed by atoms with E-state index in [0.29, 0.717) is 0 Å². The van der Waals surface area contributed by atoms with E-state index in [1.54, 1.807) is 13.3 Å². The number of aliphatic imine (C=N–C) groups is 1. The Morgan fingerprint density at radius 3 is 2.60 bits per heavy atom. The molecule has 58 valence electrons. The number of carboxylic acids is 1. The lowest BCUT2D eigenvalue weighted by Gasteiger charge is -1.75. The van der Waals surface area contributed by atoms with Crippen LogP contribution in [-0.4, -0.2) is 30.5 Å². The van der Waals surface area contributed by atoms with Gasteiger partial charge in [0.25, 0.3) is 0 Å². The minimum Gasteiger partial charge on any atom is -0.481 e. The van der Waals surface area contributed by atoms with Crippen molar-refractivity contribution in [2.45, 2.75) is 13.3 Å². The van der Waals surface area contributed by atoms with Crippen molar-refractivity contribution in [3.63, 3.8) is 0 Å². The molecular formula is C6H12N2O2. The third-order valence-electron chi connectivity index (χ3n) is 0.870. The van der Waals surface area contributed by atoms with Gasteiger partial charge in [0, 0.05) is 13.0 Å². The third-order valence-corrected chi connectivity index (χ3v) is 0.870. The Kier molecular flexibility index (Phi) is 5.42. The molecule has 0 amide bonds. The maximum Gasteiger partial charge on any atom is 0.303 e. The van der Waals surface area contributed by atoms with Crippen LogP contribution in [0.3, 0.4) is 0 Å². The molecule has 4 heteroatoms. The third kappa shape index (κ3) is 6.94. The molecule has 0 spiro atoms. The fraction of sp³-hybridized carbons (Fsp3) is 0.667. The van der Waals surface area contributed by atoms with Crippen LogP contribution in [0, 0.1) is 0 Å². The normalized spacial score (nSPS) is 13.3. The Balaban J connectivity index is 0.000000162. The second-order valence-corrected chi connectivity index (χ2v) is 1.74.